The van der Waals surface area contributed by atoms with Crippen LogP contribution in [0.4, 0.5) is 0 Å². The highest BCUT2D eigenvalue weighted by Gasteiger charge is 2.11. The fourth-order valence-corrected chi connectivity index (χ4v) is 1.96. The van der Waals surface area contributed by atoms with E-state index in [2.05, 4.69) is 13.2 Å². The molecule has 1 aromatic carbocycles. The summed E-state index contributed by atoms with van der Waals surface area (Å²) < 4.78 is 5.29. The zero-order chi connectivity index (χ0) is 12.7. The standard InChI is InChI=1S/C13H14O3S/c1-3-7-16-10-5-6-12(17-8-4-2)11(9-10)13(14)15/h3-6,9H,1-2,7-8H2,(H,14,15). The lowest BCUT2D eigenvalue weighted by Gasteiger charge is -2.08. The van der Waals surface area contributed by atoms with Gasteiger partial charge in [-0.2, -0.15) is 0 Å². The second-order valence-corrected chi connectivity index (χ2v) is 4.22. The molecule has 0 bridgehead atoms. The highest BCUT2D eigenvalue weighted by atomic mass is 32.2. The van der Waals surface area contributed by atoms with Gasteiger partial charge in [-0.15, -0.1) is 18.3 Å². The van der Waals surface area contributed by atoms with Gasteiger partial charge in [0.05, 0.1) is 5.56 Å². The summed E-state index contributed by atoms with van der Waals surface area (Å²) in [6.07, 6.45) is 3.35. The molecular weight excluding hydrogens is 236 g/mol. The van der Waals surface area contributed by atoms with Crippen molar-refractivity contribution in [1.82, 2.24) is 0 Å². The molecule has 0 radical (unpaired) electrons. The number of rotatable bonds is 7. The van der Waals surface area contributed by atoms with Crippen molar-refractivity contribution in [2.75, 3.05) is 12.4 Å². The van der Waals surface area contributed by atoms with Crippen molar-refractivity contribution in [1.29, 1.82) is 0 Å². The lowest BCUT2D eigenvalue weighted by Crippen LogP contribution is -2.01. The Morgan fingerprint density at radius 2 is 2.18 bits per heavy atom. The summed E-state index contributed by atoms with van der Waals surface area (Å²) in [5, 5.41) is 9.10. The molecule has 0 heterocycles. The zero-order valence-electron chi connectivity index (χ0n) is 9.39. The molecule has 0 aliphatic heterocycles. The third-order valence-electron chi connectivity index (χ3n) is 1.91. The minimum Gasteiger partial charge on any atom is -0.490 e. The van der Waals surface area contributed by atoms with Gasteiger partial charge >= 0.3 is 5.97 Å². The fourth-order valence-electron chi connectivity index (χ4n) is 1.20. The number of aromatic carboxylic acids is 1. The van der Waals surface area contributed by atoms with E-state index in [1.165, 1.54) is 17.8 Å². The molecule has 1 N–H and O–H groups in total. The summed E-state index contributed by atoms with van der Waals surface area (Å²) in [6.45, 7) is 7.50. The van der Waals surface area contributed by atoms with E-state index in [4.69, 9.17) is 9.84 Å². The number of ether oxygens (including phenoxy) is 1. The van der Waals surface area contributed by atoms with Crippen LogP contribution in [0, 0.1) is 0 Å². The number of hydrogen-bond acceptors (Lipinski definition) is 3. The fraction of sp³-hybridized carbons (Fsp3) is 0.154. The Balaban J connectivity index is 2.94. The maximum Gasteiger partial charge on any atom is 0.336 e. The minimum absolute atomic E-state index is 0.249. The van der Waals surface area contributed by atoms with Crippen LogP contribution in [-0.4, -0.2) is 23.4 Å². The van der Waals surface area contributed by atoms with Gasteiger partial charge in [-0.05, 0) is 18.2 Å². The molecule has 1 aromatic rings. The monoisotopic (exact) mass is 250 g/mol. The van der Waals surface area contributed by atoms with Crippen LogP contribution < -0.4 is 4.74 Å². The Morgan fingerprint density at radius 3 is 2.76 bits per heavy atom. The maximum absolute atomic E-state index is 11.1. The van der Waals surface area contributed by atoms with Gasteiger partial charge in [0.2, 0.25) is 0 Å². The molecule has 0 aromatic heterocycles. The van der Waals surface area contributed by atoms with Crippen molar-refractivity contribution in [3.8, 4) is 5.75 Å². The molecule has 0 spiro atoms. The summed E-state index contributed by atoms with van der Waals surface area (Å²) in [4.78, 5) is 11.8. The van der Waals surface area contributed by atoms with E-state index in [0.717, 1.165) is 0 Å². The van der Waals surface area contributed by atoms with E-state index in [1.807, 2.05) is 0 Å². The van der Waals surface area contributed by atoms with Crippen molar-refractivity contribution in [3.05, 3.63) is 49.1 Å². The van der Waals surface area contributed by atoms with Crippen LogP contribution in [-0.2, 0) is 0 Å². The van der Waals surface area contributed by atoms with Crippen LogP contribution in [0.1, 0.15) is 10.4 Å². The largest absolute Gasteiger partial charge is 0.490 e. The van der Waals surface area contributed by atoms with E-state index in [9.17, 15) is 4.79 Å². The summed E-state index contributed by atoms with van der Waals surface area (Å²) in [6, 6.07) is 5.02. The Hall–Kier alpha value is -1.68. The average Bonchev–Trinajstić information content (AvgIpc) is 2.34. The number of carbonyl (C=O) groups is 1. The van der Waals surface area contributed by atoms with E-state index in [0.29, 0.717) is 23.0 Å². The zero-order valence-corrected chi connectivity index (χ0v) is 10.2. The molecule has 4 heteroatoms. The van der Waals surface area contributed by atoms with E-state index >= 15 is 0 Å². The minimum atomic E-state index is -0.958. The molecule has 0 saturated heterocycles. The molecule has 0 fully saturated rings. The van der Waals surface area contributed by atoms with Crippen LogP contribution in [0.2, 0.25) is 0 Å². The average molecular weight is 250 g/mol. The quantitative estimate of drug-likeness (QED) is 0.596. The molecule has 0 saturated carbocycles. The molecule has 90 valence electrons. The SMILES string of the molecule is C=CCOc1ccc(SCC=C)c(C(=O)O)c1. The first-order valence-corrected chi connectivity index (χ1v) is 6.02. The Kier molecular flexibility index (Phi) is 5.36. The normalized spacial score (nSPS) is 9.65. The molecule has 0 amide bonds. The summed E-state index contributed by atoms with van der Waals surface area (Å²) in [5.41, 5.74) is 0.249. The van der Waals surface area contributed by atoms with Crippen LogP contribution in [0.15, 0.2) is 48.4 Å². The first-order valence-electron chi connectivity index (χ1n) is 5.03. The van der Waals surface area contributed by atoms with Gasteiger partial charge in [-0.25, -0.2) is 4.79 Å². The lowest BCUT2D eigenvalue weighted by atomic mass is 10.2. The van der Waals surface area contributed by atoms with Gasteiger partial charge in [-0.1, -0.05) is 18.7 Å². The van der Waals surface area contributed by atoms with Gasteiger partial charge in [0.1, 0.15) is 12.4 Å². The molecular formula is C13H14O3S. The molecule has 17 heavy (non-hydrogen) atoms. The first kappa shape index (κ1) is 13.4. The third kappa shape index (κ3) is 4.00. The maximum atomic E-state index is 11.1. The molecule has 1 rings (SSSR count). The lowest BCUT2D eigenvalue weighted by molar-refractivity contribution is 0.0692. The van der Waals surface area contributed by atoms with Gasteiger partial charge in [-0.3, -0.25) is 0 Å². The highest BCUT2D eigenvalue weighted by molar-refractivity contribution is 7.99. The van der Waals surface area contributed by atoms with Crippen molar-refractivity contribution in [2.45, 2.75) is 4.90 Å². The number of benzene rings is 1. The Morgan fingerprint density at radius 1 is 1.41 bits per heavy atom. The molecule has 0 aliphatic rings. The second kappa shape index (κ2) is 6.81. The molecule has 0 aliphatic carbocycles. The van der Waals surface area contributed by atoms with E-state index in [-0.39, 0.29) is 5.56 Å². The van der Waals surface area contributed by atoms with Gasteiger partial charge in [0.25, 0.3) is 0 Å². The molecule has 0 unspecified atom stereocenters. The summed E-state index contributed by atoms with van der Waals surface area (Å²) in [5.74, 6) is 0.249. The predicted octanol–water partition coefficient (Wildman–Crippen LogP) is 3.23. The number of thioether (sulfide) groups is 1. The Labute approximate surface area is 105 Å². The predicted molar refractivity (Wildman–Crippen MR) is 70.0 cm³/mol. The van der Waals surface area contributed by atoms with E-state index in [1.54, 1.807) is 24.3 Å². The number of carboxylic acid groups (broad SMARTS) is 1. The summed E-state index contributed by atoms with van der Waals surface area (Å²) >= 11 is 1.43. The van der Waals surface area contributed by atoms with Gasteiger partial charge < -0.3 is 9.84 Å². The Bertz CT molecular complexity index is 427. The van der Waals surface area contributed by atoms with Crippen molar-refractivity contribution in [3.63, 3.8) is 0 Å². The van der Waals surface area contributed by atoms with Crippen molar-refractivity contribution < 1.29 is 14.6 Å². The first-order chi connectivity index (χ1) is 8.19. The van der Waals surface area contributed by atoms with Gasteiger partial charge in [0, 0.05) is 10.6 Å². The van der Waals surface area contributed by atoms with Crippen LogP contribution in [0.3, 0.4) is 0 Å². The topological polar surface area (TPSA) is 46.5 Å². The van der Waals surface area contributed by atoms with Crippen LogP contribution >= 0.6 is 11.8 Å². The second-order valence-electron chi connectivity index (χ2n) is 3.16. The summed E-state index contributed by atoms with van der Waals surface area (Å²) in [7, 11) is 0. The van der Waals surface area contributed by atoms with Gasteiger partial charge in [0.15, 0.2) is 0 Å². The van der Waals surface area contributed by atoms with Crippen molar-refractivity contribution >= 4 is 17.7 Å². The highest BCUT2D eigenvalue weighted by Crippen LogP contribution is 2.27. The van der Waals surface area contributed by atoms with Crippen LogP contribution in [0.5, 0.6) is 5.75 Å². The molecule has 3 nitrogen and oxygen atoms in total. The smallest absolute Gasteiger partial charge is 0.336 e. The molecule has 0 atom stereocenters. The number of carboxylic acids is 1. The van der Waals surface area contributed by atoms with Crippen molar-refractivity contribution in [2.24, 2.45) is 0 Å². The number of hydrogen-bond donors (Lipinski definition) is 1. The third-order valence-corrected chi connectivity index (χ3v) is 2.98. The van der Waals surface area contributed by atoms with Crippen LogP contribution in [0.25, 0.3) is 0 Å². The van der Waals surface area contributed by atoms with E-state index < -0.39 is 5.97 Å².